The number of ether oxygens (including phenoxy) is 2. The molecule has 0 radical (unpaired) electrons. The van der Waals surface area contributed by atoms with E-state index in [2.05, 4.69) is 5.32 Å². The van der Waals surface area contributed by atoms with E-state index in [0.29, 0.717) is 29.3 Å². The standard InChI is InChI=1S/C19H19FN2O4/c1-25-16-8-3-12(9-17(16)26-2)19(24)21-14-10-18(23)22(11-14)15-6-4-13(20)5-7-15/h3-9,14H,10-11H2,1-2H3,(H,21,24)/t14-/m1/s1. The van der Waals surface area contributed by atoms with Crippen LogP contribution in [0.15, 0.2) is 42.5 Å². The summed E-state index contributed by atoms with van der Waals surface area (Å²) in [5.41, 5.74) is 1.02. The smallest absolute Gasteiger partial charge is 0.251 e. The van der Waals surface area contributed by atoms with Crippen molar-refractivity contribution in [2.75, 3.05) is 25.7 Å². The second-order valence-electron chi connectivity index (χ2n) is 5.93. The highest BCUT2D eigenvalue weighted by atomic mass is 19.1. The molecular weight excluding hydrogens is 339 g/mol. The molecule has 1 fully saturated rings. The molecule has 1 N–H and O–H groups in total. The molecule has 0 spiro atoms. The van der Waals surface area contributed by atoms with E-state index in [9.17, 15) is 14.0 Å². The average Bonchev–Trinajstić information content (AvgIpc) is 3.01. The molecule has 0 bridgehead atoms. The Bertz CT molecular complexity index is 823. The molecule has 1 aliphatic heterocycles. The van der Waals surface area contributed by atoms with Gasteiger partial charge in [-0.05, 0) is 42.5 Å². The Kier molecular flexibility index (Phi) is 5.06. The zero-order valence-corrected chi connectivity index (χ0v) is 14.5. The van der Waals surface area contributed by atoms with Gasteiger partial charge in [-0.15, -0.1) is 0 Å². The van der Waals surface area contributed by atoms with Crippen molar-refractivity contribution in [1.82, 2.24) is 5.32 Å². The molecule has 1 heterocycles. The van der Waals surface area contributed by atoms with Gasteiger partial charge < -0.3 is 19.7 Å². The minimum atomic E-state index is -0.362. The Morgan fingerprint density at radius 3 is 2.46 bits per heavy atom. The van der Waals surface area contributed by atoms with Crippen LogP contribution in [0.25, 0.3) is 0 Å². The number of carbonyl (C=O) groups excluding carboxylic acids is 2. The minimum Gasteiger partial charge on any atom is -0.493 e. The van der Waals surface area contributed by atoms with Gasteiger partial charge in [0.1, 0.15) is 5.82 Å². The Hall–Kier alpha value is -3.09. The third kappa shape index (κ3) is 3.61. The highest BCUT2D eigenvalue weighted by Gasteiger charge is 2.31. The quantitative estimate of drug-likeness (QED) is 0.891. The van der Waals surface area contributed by atoms with Gasteiger partial charge in [0, 0.05) is 24.2 Å². The van der Waals surface area contributed by atoms with Gasteiger partial charge in [-0.2, -0.15) is 0 Å². The Morgan fingerprint density at radius 1 is 1.12 bits per heavy atom. The molecule has 1 aliphatic rings. The van der Waals surface area contributed by atoms with E-state index in [4.69, 9.17) is 9.47 Å². The SMILES string of the molecule is COc1ccc(C(=O)N[C@@H]2CC(=O)N(c3ccc(F)cc3)C2)cc1OC. The summed E-state index contributed by atoms with van der Waals surface area (Å²) in [5, 5.41) is 2.85. The molecule has 2 aromatic rings. The lowest BCUT2D eigenvalue weighted by Crippen LogP contribution is -2.37. The monoisotopic (exact) mass is 358 g/mol. The molecular formula is C19H19FN2O4. The van der Waals surface area contributed by atoms with Crippen molar-refractivity contribution in [1.29, 1.82) is 0 Å². The molecule has 26 heavy (non-hydrogen) atoms. The van der Waals surface area contributed by atoms with Gasteiger partial charge in [-0.3, -0.25) is 9.59 Å². The molecule has 1 atom stereocenters. The normalized spacial score (nSPS) is 16.5. The summed E-state index contributed by atoms with van der Waals surface area (Å²) in [7, 11) is 3.02. The summed E-state index contributed by atoms with van der Waals surface area (Å²) in [5.74, 6) is 0.204. The third-order valence-corrected chi connectivity index (χ3v) is 4.24. The number of nitrogens with zero attached hydrogens (tertiary/aromatic N) is 1. The number of nitrogens with one attached hydrogen (secondary N) is 1. The van der Waals surface area contributed by atoms with Gasteiger partial charge in [0.15, 0.2) is 11.5 Å². The summed E-state index contributed by atoms with van der Waals surface area (Å²) < 4.78 is 23.4. The summed E-state index contributed by atoms with van der Waals surface area (Å²) in [6, 6.07) is 10.2. The predicted molar refractivity (Wildman–Crippen MR) is 94.2 cm³/mol. The highest BCUT2D eigenvalue weighted by Crippen LogP contribution is 2.28. The first-order valence-corrected chi connectivity index (χ1v) is 8.10. The lowest BCUT2D eigenvalue weighted by Gasteiger charge is -2.17. The van der Waals surface area contributed by atoms with Gasteiger partial charge in [-0.1, -0.05) is 0 Å². The van der Waals surface area contributed by atoms with Gasteiger partial charge >= 0.3 is 0 Å². The van der Waals surface area contributed by atoms with E-state index >= 15 is 0 Å². The molecule has 0 unspecified atom stereocenters. The van der Waals surface area contributed by atoms with Crippen LogP contribution in [-0.2, 0) is 4.79 Å². The van der Waals surface area contributed by atoms with Crippen LogP contribution in [0.2, 0.25) is 0 Å². The fourth-order valence-electron chi connectivity index (χ4n) is 2.92. The van der Waals surface area contributed by atoms with Crippen molar-refractivity contribution in [3.8, 4) is 11.5 Å². The maximum Gasteiger partial charge on any atom is 0.251 e. The van der Waals surface area contributed by atoms with E-state index in [1.165, 1.54) is 26.4 Å². The van der Waals surface area contributed by atoms with E-state index in [1.807, 2.05) is 0 Å². The molecule has 2 amide bonds. The third-order valence-electron chi connectivity index (χ3n) is 4.24. The van der Waals surface area contributed by atoms with Gasteiger partial charge in [0.05, 0.1) is 20.3 Å². The number of benzene rings is 2. The van der Waals surface area contributed by atoms with Crippen LogP contribution in [0, 0.1) is 5.82 Å². The zero-order chi connectivity index (χ0) is 18.7. The number of hydrogen-bond acceptors (Lipinski definition) is 4. The average molecular weight is 358 g/mol. The van der Waals surface area contributed by atoms with Crippen molar-refractivity contribution >= 4 is 17.5 Å². The first kappa shape index (κ1) is 17.7. The zero-order valence-electron chi connectivity index (χ0n) is 14.5. The summed E-state index contributed by atoms with van der Waals surface area (Å²) >= 11 is 0. The fraction of sp³-hybridized carbons (Fsp3) is 0.263. The Balaban J connectivity index is 1.69. The molecule has 0 aromatic heterocycles. The lowest BCUT2D eigenvalue weighted by molar-refractivity contribution is -0.117. The molecule has 6 nitrogen and oxygen atoms in total. The Labute approximate surface area is 150 Å². The number of hydrogen-bond donors (Lipinski definition) is 1. The lowest BCUT2D eigenvalue weighted by atomic mass is 10.1. The van der Waals surface area contributed by atoms with Crippen LogP contribution in [0.4, 0.5) is 10.1 Å². The maximum absolute atomic E-state index is 13.0. The molecule has 3 rings (SSSR count). The van der Waals surface area contributed by atoms with Gasteiger partial charge in [-0.25, -0.2) is 4.39 Å². The van der Waals surface area contributed by atoms with E-state index in [1.54, 1.807) is 35.2 Å². The number of methoxy groups -OCH3 is 2. The molecule has 2 aromatic carbocycles. The van der Waals surface area contributed by atoms with Crippen molar-refractivity contribution in [2.45, 2.75) is 12.5 Å². The number of anilines is 1. The van der Waals surface area contributed by atoms with Crippen LogP contribution in [0.1, 0.15) is 16.8 Å². The van der Waals surface area contributed by atoms with Crippen LogP contribution in [0.5, 0.6) is 11.5 Å². The van der Waals surface area contributed by atoms with Crippen LogP contribution >= 0.6 is 0 Å². The number of amides is 2. The second kappa shape index (κ2) is 7.43. The number of rotatable bonds is 5. The fourth-order valence-corrected chi connectivity index (χ4v) is 2.92. The van der Waals surface area contributed by atoms with Crippen LogP contribution in [0.3, 0.4) is 0 Å². The van der Waals surface area contributed by atoms with E-state index in [-0.39, 0.29) is 30.1 Å². The molecule has 7 heteroatoms. The van der Waals surface area contributed by atoms with Crippen molar-refractivity contribution in [3.63, 3.8) is 0 Å². The van der Waals surface area contributed by atoms with Crippen LogP contribution in [-0.4, -0.2) is 38.6 Å². The van der Waals surface area contributed by atoms with Crippen LogP contribution < -0.4 is 19.7 Å². The van der Waals surface area contributed by atoms with Crippen molar-refractivity contribution in [3.05, 3.63) is 53.8 Å². The number of carbonyl (C=O) groups is 2. The first-order chi connectivity index (χ1) is 12.5. The molecule has 1 saturated heterocycles. The minimum absolute atomic E-state index is 0.116. The van der Waals surface area contributed by atoms with Gasteiger partial charge in [0.25, 0.3) is 5.91 Å². The van der Waals surface area contributed by atoms with Crippen molar-refractivity contribution < 1.29 is 23.5 Å². The number of halogens is 1. The van der Waals surface area contributed by atoms with Crippen molar-refractivity contribution in [2.24, 2.45) is 0 Å². The summed E-state index contributed by atoms with van der Waals surface area (Å²) in [6.07, 6.45) is 0.191. The summed E-state index contributed by atoms with van der Waals surface area (Å²) in [4.78, 5) is 26.2. The Morgan fingerprint density at radius 2 is 1.81 bits per heavy atom. The summed E-state index contributed by atoms with van der Waals surface area (Å²) in [6.45, 7) is 0.337. The maximum atomic E-state index is 13.0. The second-order valence-corrected chi connectivity index (χ2v) is 5.93. The molecule has 0 saturated carbocycles. The molecule has 136 valence electrons. The van der Waals surface area contributed by atoms with E-state index in [0.717, 1.165) is 0 Å². The first-order valence-electron chi connectivity index (χ1n) is 8.10. The topological polar surface area (TPSA) is 67.9 Å². The van der Waals surface area contributed by atoms with E-state index < -0.39 is 0 Å². The molecule has 0 aliphatic carbocycles. The van der Waals surface area contributed by atoms with Gasteiger partial charge in [0.2, 0.25) is 5.91 Å². The predicted octanol–water partition coefficient (Wildman–Crippen LogP) is 2.38. The largest absolute Gasteiger partial charge is 0.493 e. The highest BCUT2D eigenvalue weighted by molar-refractivity contribution is 5.99.